The topological polar surface area (TPSA) is 88.2 Å². The largest absolute Gasteiger partial charge is 0.378 e. The summed E-state index contributed by atoms with van der Waals surface area (Å²) in [6.45, 7) is 8.09. The minimum absolute atomic E-state index is 0.136. The maximum Gasteiger partial charge on any atom is 0.254 e. The van der Waals surface area contributed by atoms with E-state index in [1.807, 2.05) is 37.4 Å². The average Bonchev–Trinajstić information content (AvgIpc) is 3.25. The molecule has 0 bridgehead atoms. The van der Waals surface area contributed by atoms with Gasteiger partial charge in [0.25, 0.3) is 11.5 Å². The highest BCUT2D eigenvalue weighted by molar-refractivity contribution is 7.98. The summed E-state index contributed by atoms with van der Waals surface area (Å²) >= 11 is 1.52. The van der Waals surface area contributed by atoms with Crippen molar-refractivity contribution in [3.05, 3.63) is 63.2 Å². The smallest absolute Gasteiger partial charge is 0.254 e. The number of thioether (sulfide) groups is 1. The number of rotatable bonds is 8. The fraction of sp³-hybridized carbons (Fsp3) is 0.500. The van der Waals surface area contributed by atoms with Gasteiger partial charge in [-0.1, -0.05) is 18.2 Å². The van der Waals surface area contributed by atoms with E-state index in [-0.39, 0.29) is 18.0 Å². The van der Waals surface area contributed by atoms with Crippen molar-refractivity contribution in [1.29, 1.82) is 0 Å². The Hall–Kier alpha value is -2.55. The Bertz CT molecular complexity index is 1410. The quantitative estimate of drug-likeness (QED) is 0.403. The number of ether oxygens (including phenoxy) is 1. The van der Waals surface area contributed by atoms with Crippen molar-refractivity contribution in [3.63, 3.8) is 0 Å². The second kappa shape index (κ2) is 8.78. The summed E-state index contributed by atoms with van der Waals surface area (Å²) in [5, 5.41) is 7.85. The Morgan fingerprint density at radius 3 is 2.75 bits per heavy atom. The number of nitrogens with one attached hydrogen (secondary N) is 3. The second-order valence-electron chi connectivity index (χ2n) is 10.8. The highest BCUT2D eigenvalue weighted by Crippen LogP contribution is 2.66. The summed E-state index contributed by atoms with van der Waals surface area (Å²) in [6.07, 6.45) is 4.37. The number of amides is 1. The van der Waals surface area contributed by atoms with Gasteiger partial charge in [0.15, 0.2) is 0 Å². The Morgan fingerprint density at radius 1 is 1.28 bits per heavy atom. The van der Waals surface area contributed by atoms with Crippen molar-refractivity contribution in [1.82, 2.24) is 20.2 Å². The third-order valence-electron chi connectivity index (χ3n) is 8.67. The number of carbonyl (C=O) groups is 1. The Labute approximate surface area is 215 Å². The molecule has 3 aromatic rings. The SMILES string of the molecule is CSc1cc(C)[nH]c(=O)c1CNC(=O)c1c(C)n([C@H](C)C2CC3(NC4COC4)CC23)c2ccccc12. The summed E-state index contributed by atoms with van der Waals surface area (Å²) in [5.41, 5.74) is 4.39. The van der Waals surface area contributed by atoms with Crippen LogP contribution in [0.2, 0.25) is 0 Å². The van der Waals surface area contributed by atoms with Crippen LogP contribution in [0, 0.1) is 25.7 Å². The highest BCUT2D eigenvalue weighted by Gasteiger charge is 2.68. The molecule has 2 aromatic heterocycles. The molecular formula is C28H34N4O3S. The van der Waals surface area contributed by atoms with Gasteiger partial charge in [-0.3, -0.25) is 9.59 Å². The Kier molecular flexibility index (Phi) is 5.81. The van der Waals surface area contributed by atoms with E-state index < -0.39 is 0 Å². The Morgan fingerprint density at radius 2 is 2.06 bits per heavy atom. The van der Waals surface area contributed by atoms with Crippen molar-refractivity contribution in [2.45, 2.75) is 62.7 Å². The molecule has 2 saturated carbocycles. The average molecular weight is 507 g/mol. The molecule has 1 aromatic carbocycles. The van der Waals surface area contributed by atoms with E-state index in [1.54, 1.807) is 0 Å². The number of para-hydroxylation sites is 1. The third-order valence-corrected chi connectivity index (χ3v) is 9.47. The number of hydrogen-bond acceptors (Lipinski definition) is 5. The van der Waals surface area contributed by atoms with E-state index in [4.69, 9.17) is 4.74 Å². The van der Waals surface area contributed by atoms with Crippen LogP contribution in [-0.2, 0) is 11.3 Å². The van der Waals surface area contributed by atoms with Gasteiger partial charge in [0.1, 0.15) is 0 Å². The minimum Gasteiger partial charge on any atom is -0.378 e. The Balaban J connectivity index is 1.25. The van der Waals surface area contributed by atoms with Crippen LogP contribution in [0.4, 0.5) is 0 Å². The van der Waals surface area contributed by atoms with Crippen LogP contribution in [0.3, 0.4) is 0 Å². The van der Waals surface area contributed by atoms with Crippen LogP contribution in [-0.4, -0.2) is 46.5 Å². The molecule has 1 saturated heterocycles. The summed E-state index contributed by atoms with van der Waals surface area (Å²) < 4.78 is 7.72. The number of carbonyl (C=O) groups excluding carboxylic acids is 1. The van der Waals surface area contributed by atoms with Gasteiger partial charge < -0.3 is 24.9 Å². The number of aromatic nitrogens is 2. The minimum atomic E-state index is -0.146. The van der Waals surface area contributed by atoms with Crippen molar-refractivity contribution in [2.75, 3.05) is 19.5 Å². The zero-order valence-corrected chi connectivity index (χ0v) is 22.1. The maximum absolute atomic E-state index is 13.5. The van der Waals surface area contributed by atoms with Crippen LogP contribution in [0.25, 0.3) is 10.9 Å². The lowest BCUT2D eigenvalue weighted by atomic mass is 9.75. The van der Waals surface area contributed by atoms with E-state index in [2.05, 4.69) is 40.1 Å². The molecule has 3 unspecified atom stereocenters. The molecule has 8 heteroatoms. The van der Waals surface area contributed by atoms with Crippen LogP contribution >= 0.6 is 11.8 Å². The zero-order chi connectivity index (χ0) is 25.2. The zero-order valence-electron chi connectivity index (χ0n) is 21.3. The number of fused-ring (bicyclic) bond motifs is 2. The first-order chi connectivity index (χ1) is 17.3. The van der Waals surface area contributed by atoms with Gasteiger partial charge in [-0.15, -0.1) is 11.8 Å². The fourth-order valence-electron chi connectivity index (χ4n) is 6.68. The molecule has 7 nitrogen and oxygen atoms in total. The second-order valence-corrected chi connectivity index (χ2v) is 11.7. The monoisotopic (exact) mass is 506 g/mol. The molecule has 6 rings (SSSR count). The van der Waals surface area contributed by atoms with Crippen molar-refractivity contribution in [3.8, 4) is 0 Å². The number of pyridine rings is 1. The molecule has 2 aliphatic carbocycles. The molecule has 3 fully saturated rings. The molecule has 190 valence electrons. The normalized spacial score (nSPS) is 25.7. The number of aryl methyl sites for hydroxylation is 1. The number of benzene rings is 1. The molecule has 3 aliphatic rings. The highest BCUT2D eigenvalue weighted by atomic mass is 32.2. The molecule has 1 aliphatic heterocycles. The lowest BCUT2D eigenvalue weighted by Crippen LogP contribution is -2.57. The van der Waals surface area contributed by atoms with Crippen molar-refractivity contribution in [2.24, 2.45) is 11.8 Å². The summed E-state index contributed by atoms with van der Waals surface area (Å²) in [6, 6.07) is 11.0. The molecule has 36 heavy (non-hydrogen) atoms. The van der Waals surface area contributed by atoms with E-state index >= 15 is 0 Å². The van der Waals surface area contributed by atoms with E-state index in [0.29, 0.717) is 40.6 Å². The summed E-state index contributed by atoms with van der Waals surface area (Å²) in [7, 11) is 0. The molecular weight excluding hydrogens is 472 g/mol. The predicted octanol–water partition coefficient (Wildman–Crippen LogP) is 3.93. The molecule has 3 heterocycles. The number of hydrogen-bond donors (Lipinski definition) is 3. The van der Waals surface area contributed by atoms with Crippen LogP contribution in [0.15, 0.2) is 40.0 Å². The lowest BCUT2D eigenvalue weighted by Gasteiger charge is -2.43. The molecule has 4 atom stereocenters. The maximum atomic E-state index is 13.5. The molecule has 3 N–H and O–H groups in total. The van der Waals surface area contributed by atoms with Crippen molar-refractivity contribution < 1.29 is 9.53 Å². The van der Waals surface area contributed by atoms with Gasteiger partial charge in [0.2, 0.25) is 0 Å². The van der Waals surface area contributed by atoms with Crippen LogP contribution < -0.4 is 16.2 Å². The summed E-state index contributed by atoms with van der Waals surface area (Å²) in [4.78, 5) is 29.9. The predicted molar refractivity (Wildman–Crippen MR) is 143 cm³/mol. The first-order valence-electron chi connectivity index (χ1n) is 12.8. The molecule has 0 spiro atoms. The number of nitrogens with zero attached hydrogens (tertiary/aromatic N) is 1. The first-order valence-corrected chi connectivity index (χ1v) is 14.1. The molecule has 0 radical (unpaired) electrons. The lowest BCUT2D eigenvalue weighted by molar-refractivity contribution is -0.0230. The van der Waals surface area contributed by atoms with Gasteiger partial charge in [-0.05, 0) is 63.8 Å². The standard InChI is InChI=1S/C28H34N4O3S/c1-15-9-24(36-4)21(26(33)30-15)12-29-27(34)25-17(3)32(23-8-6-5-7-19(23)25)16(2)20-10-28(11-22(20)28)31-18-13-35-14-18/h5-9,16,18,20,22,31H,10-14H2,1-4H3,(H,29,34)(H,30,33)/t16-,20?,22?,28?/m1/s1. The van der Waals surface area contributed by atoms with Gasteiger partial charge in [-0.25, -0.2) is 0 Å². The number of aromatic amines is 1. The summed E-state index contributed by atoms with van der Waals surface area (Å²) in [5.74, 6) is 1.16. The van der Waals surface area contributed by atoms with E-state index in [1.165, 1.54) is 24.6 Å². The van der Waals surface area contributed by atoms with Gasteiger partial charge >= 0.3 is 0 Å². The molecule has 1 amide bonds. The van der Waals surface area contributed by atoms with Crippen molar-refractivity contribution >= 4 is 28.6 Å². The van der Waals surface area contributed by atoms with Crippen LogP contribution in [0.5, 0.6) is 0 Å². The number of H-pyrrole nitrogens is 1. The van der Waals surface area contributed by atoms with Gasteiger partial charge in [-0.2, -0.15) is 0 Å². The first kappa shape index (κ1) is 23.8. The van der Waals surface area contributed by atoms with Gasteiger partial charge in [0.05, 0.1) is 24.8 Å². The van der Waals surface area contributed by atoms with E-state index in [9.17, 15) is 9.59 Å². The van der Waals surface area contributed by atoms with Gasteiger partial charge in [0, 0.05) is 50.9 Å². The fourth-order valence-corrected chi connectivity index (χ4v) is 7.38. The van der Waals surface area contributed by atoms with Crippen LogP contribution in [0.1, 0.15) is 53.1 Å². The third kappa shape index (κ3) is 3.73. The van der Waals surface area contributed by atoms with E-state index in [0.717, 1.165) is 40.4 Å².